The van der Waals surface area contributed by atoms with Crippen molar-refractivity contribution in [3.63, 3.8) is 0 Å². The second-order valence-electron chi connectivity index (χ2n) is 4.90. The molecule has 124 valence electrons. The number of alkyl halides is 1. The van der Waals surface area contributed by atoms with E-state index in [2.05, 4.69) is 5.32 Å². The highest BCUT2D eigenvalue weighted by molar-refractivity contribution is 6.30. The van der Waals surface area contributed by atoms with Gasteiger partial charge in [-0.2, -0.15) is 5.26 Å². The fourth-order valence-electron chi connectivity index (χ4n) is 1.86. The zero-order chi connectivity index (χ0) is 17.5. The number of hydrogen-bond donors (Lipinski definition) is 2. The molecular weight excluding hydrogens is 351 g/mol. The minimum atomic E-state index is -0.817. The van der Waals surface area contributed by atoms with Gasteiger partial charge in [-0.25, -0.2) is 0 Å². The number of nitrogens with zero attached hydrogens (tertiary/aromatic N) is 1. The molecule has 5 nitrogen and oxygen atoms in total. The Morgan fingerprint density at radius 1 is 1.29 bits per heavy atom. The Bertz CT molecular complexity index is 757. The predicted molar refractivity (Wildman–Crippen MR) is 92.8 cm³/mol. The van der Waals surface area contributed by atoms with Gasteiger partial charge in [-0.3, -0.25) is 4.79 Å². The van der Waals surface area contributed by atoms with E-state index in [1.165, 1.54) is 6.07 Å². The summed E-state index contributed by atoms with van der Waals surface area (Å²) in [5.74, 6) is 0.0323. The van der Waals surface area contributed by atoms with Crippen molar-refractivity contribution in [3.8, 4) is 11.8 Å². The topological polar surface area (TPSA) is 82.4 Å². The highest BCUT2D eigenvalue weighted by Crippen LogP contribution is 2.23. The van der Waals surface area contributed by atoms with E-state index in [1.807, 2.05) is 6.07 Å². The third kappa shape index (κ3) is 4.87. The number of benzene rings is 2. The minimum Gasteiger partial charge on any atom is -0.489 e. The maximum atomic E-state index is 12.1. The maximum absolute atomic E-state index is 12.1. The van der Waals surface area contributed by atoms with Crippen molar-refractivity contribution >= 4 is 34.8 Å². The lowest BCUT2D eigenvalue weighted by atomic mass is 10.1. The van der Waals surface area contributed by atoms with Crippen LogP contribution in [0.3, 0.4) is 0 Å². The predicted octanol–water partition coefficient (Wildman–Crippen LogP) is 3.44. The average Bonchev–Trinajstić information content (AvgIpc) is 2.60. The van der Waals surface area contributed by atoms with E-state index >= 15 is 0 Å². The number of amides is 1. The molecule has 0 radical (unpaired) electrons. The summed E-state index contributed by atoms with van der Waals surface area (Å²) in [4.78, 5) is 12.1. The summed E-state index contributed by atoms with van der Waals surface area (Å²) in [6.45, 7) is -0.0192. The third-order valence-electron chi connectivity index (χ3n) is 3.07. The third-order valence-corrected chi connectivity index (χ3v) is 3.68. The van der Waals surface area contributed by atoms with Crippen molar-refractivity contribution in [2.24, 2.45) is 0 Å². The monoisotopic (exact) mass is 364 g/mol. The van der Waals surface area contributed by atoms with E-state index < -0.39 is 6.10 Å². The van der Waals surface area contributed by atoms with Gasteiger partial charge in [-0.05, 0) is 42.5 Å². The Hall–Kier alpha value is -2.26. The molecule has 0 heterocycles. The molecule has 7 heteroatoms. The fraction of sp³-hybridized carbons (Fsp3) is 0.176. The molecular formula is C17H14Cl2N2O3. The second kappa shape index (κ2) is 8.55. The SMILES string of the molecule is N#Cc1cc(NC(=O)c2ccc(Cl)cc2)ccc1OCC(O)CCl. The number of aliphatic hydroxyl groups excluding tert-OH is 1. The molecule has 24 heavy (non-hydrogen) atoms. The van der Waals surface area contributed by atoms with Crippen LogP contribution >= 0.6 is 23.2 Å². The van der Waals surface area contributed by atoms with Crippen LogP contribution in [0, 0.1) is 11.3 Å². The zero-order valence-corrected chi connectivity index (χ0v) is 14.0. The normalized spacial score (nSPS) is 11.4. The number of nitriles is 1. The number of nitrogens with one attached hydrogen (secondary N) is 1. The molecule has 0 spiro atoms. The summed E-state index contributed by atoms with van der Waals surface area (Å²) in [7, 11) is 0. The summed E-state index contributed by atoms with van der Waals surface area (Å²) >= 11 is 11.3. The maximum Gasteiger partial charge on any atom is 0.255 e. The van der Waals surface area contributed by atoms with E-state index in [0.29, 0.717) is 22.0 Å². The van der Waals surface area contributed by atoms with E-state index in [0.717, 1.165) is 0 Å². The number of aliphatic hydroxyl groups is 1. The standard InChI is InChI=1S/C17H14Cl2N2O3/c18-8-15(22)10-24-16-6-5-14(7-12(16)9-20)21-17(23)11-1-3-13(19)4-2-11/h1-7,15,22H,8,10H2,(H,21,23). The molecule has 2 N–H and O–H groups in total. The number of ether oxygens (including phenoxy) is 1. The Balaban J connectivity index is 2.10. The molecule has 0 fully saturated rings. The molecule has 1 atom stereocenters. The number of carbonyl (C=O) groups is 1. The summed E-state index contributed by atoms with van der Waals surface area (Å²) in [5, 5.41) is 21.8. The van der Waals surface area contributed by atoms with Crippen LogP contribution in [0.4, 0.5) is 5.69 Å². The fourth-order valence-corrected chi connectivity index (χ4v) is 2.07. The summed E-state index contributed by atoms with van der Waals surface area (Å²) in [6, 6.07) is 13.1. The van der Waals surface area contributed by atoms with Crippen LogP contribution in [0.25, 0.3) is 0 Å². The molecule has 2 aromatic carbocycles. The molecule has 0 aromatic heterocycles. The van der Waals surface area contributed by atoms with Crippen molar-refractivity contribution in [1.82, 2.24) is 0 Å². The molecule has 1 amide bonds. The first kappa shape index (κ1) is 18.1. The molecule has 0 saturated carbocycles. The highest BCUT2D eigenvalue weighted by atomic mass is 35.5. The second-order valence-corrected chi connectivity index (χ2v) is 5.65. The minimum absolute atomic E-state index is 0.0192. The Morgan fingerprint density at radius 2 is 2.00 bits per heavy atom. The zero-order valence-electron chi connectivity index (χ0n) is 12.5. The largest absolute Gasteiger partial charge is 0.489 e. The van der Waals surface area contributed by atoms with E-state index in [1.54, 1.807) is 36.4 Å². The molecule has 2 aromatic rings. The smallest absolute Gasteiger partial charge is 0.255 e. The van der Waals surface area contributed by atoms with Crippen LogP contribution in [-0.2, 0) is 0 Å². The van der Waals surface area contributed by atoms with Crippen molar-refractivity contribution < 1.29 is 14.6 Å². The summed E-state index contributed by atoms with van der Waals surface area (Å²) in [5.41, 5.74) is 1.14. The van der Waals surface area contributed by atoms with E-state index in [9.17, 15) is 15.2 Å². The molecule has 0 aliphatic heterocycles. The number of carbonyl (C=O) groups excluding carboxylic acids is 1. The van der Waals surface area contributed by atoms with Gasteiger partial charge in [-0.1, -0.05) is 11.6 Å². The average molecular weight is 365 g/mol. The number of rotatable bonds is 6. The van der Waals surface area contributed by atoms with Crippen molar-refractivity contribution in [1.29, 1.82) is 5.26 Å². The molecule has 0 aliphatic carbocycles. The first-order valence-electron chi connectivity index (χ1n) is 7.01. The van der Waals surface area contributed by atoms with Gasteiger partial charge in [0.05, 0.1) is 11.4 Å². The quantitative estimate of drug-likeness (QED) is 0.769. The molecule has 0 bridgehead atoms. The first-order chi connectivity index (χ1) is 11.5. The van der Waals surface area contributed by atoms with Crippen LogP contribution in [0.15, 0.2) is 42.5 Å². The van der Waals surface area contributed by atoms with Gasteiger partial charge in [0, 0.05) is 16.3 Å². The Kier molecular flexibility index (Phi) is 6.44. The molecule has 0 aliphatic rings. The lowest BCUT2D eigenvalue weighted by Gasteiger charge is -2.12. The lowest BCUT2D eigenvalue weighted by Crippen LogP contribution is -2.19. The van der Waals surface area contributed by atoms with Crippen molar-refractivity contribution in [3.05, 3.63) is 58.6 Å². The number of hydrogen-bond acceptors (Lipinski definition) is 4. The van der Waals surface area contributed by atoms with E-state index in [-0.39, 0.29) is 24.0 Å². The van der Waals surface area contributed by atoms with Gasteiger partial charge < -0.3 is 15.2 Å². The van der Waals surface area contributed by atoms with Gasteiger partial charge in [0.25, 0.3) is 5.91 Å². The number of anilines is 1. The van der Waals surface area contributed by atoms with Crippen LogP contribution < -0.4 is 10.1 Å². The van der Waals surface area contributed by atoms with Gasteiger partial charge >= 0.3 is 0 Å². The number of halogens is 2. The van der Waals surface area contributed by atoms with Crippen molar-refractivity contribution in [2.75, 3.05) is 17.8 Å². The molecule has 0 saturated heterocycles. The van der Waals surface area contributed by atoms with Crippen molar-refractivity contribution in [2.45, 2.75) is 6.10 Å². The molecule has 1 unspecified atom stereocenters. The highest BCUT2D eigenvalue weighted by Gasteiger charge is 2.11. The van der Waals surface area contributed by atoms with Crippen LogP contribution in [0.5, 0.6) is 5.75 Å². The first-order valence-corrected chi connectivity index (χ1v) is 7.92. The van der Waals surface area contributed by atoms with Crippen LogP contribution in [0.1, 0.15) is 15.9 Å². The summed E-state index contributed by atoms with van der Waals surface area (Å²) in [6.07, 6.45) is -0.817. The molecule has 2 rings (SSSR count). The van der Waals surface area contributed by atoms with Gasteiger partial charge in [0.1, 0.15) is 24.5 Å². The van der Waals surface area contributed by atoms with Gasteiger partial charge in [0.15, 0.2) is 0 Å². The summed E-state index contributed by atoms with van der Waals surface area (Å²) < 4.78 is 5.35. The Morgan fingerprint density at radius 3 is 2.62 bits per heavy atom. The van der Waals surface area contributed by atoms with Gasteiger partial charge in [-0.15, -0.1) is 11.6 Å². The van der Waals surface area contributed by atoms with Crippen LogP contribution in [-0.4, -0.2) is 29.6 Å². The van der Waals surface area contributed by atoms with Crippen LogP contribution in [0.2, 0.25) is 5.02 Å². The Labute approximate surface area is 149 Å². The van der Waals surface area contributed by atoms with E-state index in [4.69, 9.17) is 27.9 Å². The van der Waals surface area contributed by atoms with Gasteiger partial charge in [0.2, 0.25) is 0 Å². The lowest BCUT2D eigenvalue weighted by molar-refractivity contribution is 0.102.